The molecule has 88 valence electrons. The molecule has 1 heterocycles. The van der Waals surface area contributed by atoms with E-state index in [4.69, 9.17) is 11.6 Å². The third-order valence-electron chi connectivity index (χ3n) is 1.93. The van der Waals surface area contributed by atoms with Gasteiger partial charge in [0.25, 0.3) is 6.43 Å². The van der Waals surface area contributed by atoms with Gasteiger partial charge in [-0.15, -0.1) is 11.6 Å². The first-order valence-corrected chi connectivity index (χ1v) is 5.45. The molecule has 0 radical (unpaired) electrons. The molecule has 0 N–H and O–H groups in total. The lowest BCUT2D eigenvalue weighted by molar-refractivity contribution is 0.0588. The highest BCUT2D eigenvalue weighted by Crippen LogP contribution is 2.31. The van der Waals surface area contributed by atoms with Gasteiger partial charge in [0.2, 0.25) is 0 Å². The van der Waals surface area contributed by atoms with Crippen LogP contribution < -0.4 is 0 Å². The Hall–Kier alpha value is -0.750. The molecule has 0 saturated heterocycles. The van der Waals surface area contributed by atoms with E-state index in [1.165, 1.54) is 0 Å². The first-order valence-electron chi connectivity index (χ1n) is 4.12. The van der Waals surface area contributed by atoms with Gasteiger partial charge in [-0.1, -0.05) is 0 Å². The lowest BCUT2D eigenvalue weighted by Crippen LogP contribution is -2.10. The van der Waals surface area contributed by atoms with Crippen LogP contribution in [-0.2, 0) is 10.6 Å². The second-order valence-electron chi connectivity index (χ2n) is 2.78. The molecule has 0 bridgehead atoms. The van der Waals surface area contributed by atoms with E-state index in [-0.39, 0.29) is 21.6 Å². The Kier molecular flexibility index (Phi) is 4.61. The van der Waals surface area contributed by atoms with Crippen LogP contribution in [0.25, 0.3) is 0 Å². The minimum absolute atomic E-state index is 0.0968. The van der Waals surface area contributed by atoms with Crippen LogP contribution in [0.5, 0.6) is 0 Å². The van der Waals surface area contributed by atoms with Gasteiger partial charge < -0.3 is 4.74 Å². The molecular weight excluding hydrogens is 307 g/mol. The Bertz CT molecular complexity index is 415. The fourth-order valence-electron chi connectivity index (χ4n) is 1.19. The molecule has 16 heavy (non-hydrogen) atoms. The van der Waals surface area contributed by atoms with Gasteiger partial charge in [-0.2, -0.15) is 0 Å². The first-order chi connectivity index (χ1) is 7.52. The molecule has 0 unspecified atom stereocenters. The number of rotatable bonds is 3. The number of nitrogens with zero attached hydrogens (tertiary/aromatic N) is 1. The summed E-state index contributed by atoms with van der Waals surface area (Å²) in [7, 11) is 1.11. The maximum atomic E-state index is 12.8. The standard InChI is InChI=1S/C9H7BrClF2NO2/c1-16-9(15)5-3-14-7(10)4(2-11)6(5)8(12)13/h3,8H,2H2,1H3. The Morgan fingerprint density at radius 1 is 1.69 bits per heavy atom. The van der Waals surface area contributed by atoms with Crippen LogP contribution >= 0.6 is 27.5 Å². The van der Waals surface area contributed by atoms with Crippen molar-refractivity contribution in [2.45, 2.75) is 12.3 Å². The molecule has 1 aromatic rings. The molecule has 3 nitrogen and oxygen atoms in total. The van der Waals surface area contributed by atoms with E-state index in [1.54, 1.807) is 0 Å². The number of ether oxygens (including phenoxy) is 1. The quantitative estimate of drug-likeness (QED) is 0.488. The Morgan fingerprint density at radius 2 is 2.31 bits per heavy atom. The summed E-state index contributed by atoms with van der Waals surface area (Å²) < 4.78 is 30.3. The van der Waals surface area contributed by atoms with Crippen LogP contribution in [0, 0.1) is 0 Å². The van der Waals surface area contributed by atoms with Crippen molar-refractivity contribution >= 4 is 33.5 Å². The van der Waals surface area contributed by atoms with Crippen molar-refractivity contribution < 1.29 is 18.3 Å². The van der Waals surface area contributed by atoms with Crippen LogP contribution in [0.3, 0.4) is 0 Å². The first kappa shape index (κ1) is 13.3. The highest BCUT2D eigenvalue weighted by atomic mass is 79.9. The number of halogens is 4. The highest BCUT2D eigenvalue weighted by molar-refractivity contribution is 9.10. The Morgan fingerprint density at radius 3 is 2.75 bits per heavy atom. The number of methoxy groups -OCH3 is 1. The molecule has 0 aliphatic rings. The maximum absolute atomic E-state index is 12.8. The number of hydrogen-bond donors (Lipinski definition) is 0. The fourth-order valence-corrected chi connectivity index (χ4v) is 2.08. The van der Waals surface area contributed by atoms with Crippen LogP contribution in [0.15, 0.2) is 10.8 Å². The Labute approximate surface area is 104 Å². The molecule has 0 saturated carbocycles. The van der Waals surface area contributed by atoms with Crippen molar-refractivity contribution in [1.82, 2.24) is 4.98 Å². The topological polar surface area (TPSA) is 39.2 Å². The molecule has 0 aliphatic carbocycles. The summed E-state index contributed by atoms with van der Waals surface area (Å²) >= 11 is 8.55. The van der Waals surface area contributed by atoms with Crippen molar-refractivity contribution in [2.75, 3.05) is 7.11 Å². The number of esters is 1. The van der Waals surface area contributed by atoms with Crippen molar-refractivity contribution in [3.63, 3.8) is 0 Å². The van der Waals surface area contributed by atoms with E-state index in [0.29, 0.717) is 0 Å². The van der Waals surface area contributed by atoms with Gasteiger partial charge in [-0.25, -0.2) is 18.6 Å². The number of pyridine rings is 1. The predicted octanol–water partition coefficient (Wildman–Crippen LogP) is 3.31. The monoisotopic (exact) mass is 313 g/mol. The maximum Gasteiger partial charge on any atom is 0.339 e. The van der Waals surface area contributed by atoms with Gasteiger partial charge in [-0.3, -0.25) is 0 Å². The largest absolute Gasteiger partial charge is 0.465 e. The summed E-state index contributed by atoms with van der Waals surface area (Å²) in [6.07, 6.45) is -1.78. The van der Waals surface area contributed by atoms with E-state index >= 15 is 0 Å². The second-order valence-corrected chi connectivity index (χ2v) is 3.80. The number of hydrogen-bond acceptors (Lipinski definition) is 3. The van der Waals surface area contributed by atoms with Gasteiger partial charge >= 0.3 is 5.97 Å². The van der Waals surface area contributed by atoms with Crippen LogP contribution in [0.1, 0.15) is 27.9 Å². The summed E-state index contributed by atoms with van der Waals surface area (Å²) in [6.45, 7) is 0. The van der Waals surface area contributed by atoms with Crippen LogP contribution in [-0.4, -0.2) is 18.1 Å². The summed E-state index contributed by atoms with van der Waals surface area (Å²) in [5.41, 5.74) is -0.611. The molecular formula is C9H7BrClF2NO2. The third kappa shape index (κ3) is 2.49. The summed E-state index contributed by atoms with van der Waals surface area (Å²) in [5, 5.41) is 0. The average molecular weight is 315 g/mol. The van der Waals surface area contributed by atoms with Gasteiger partial charge in [0.15, 0.2) is 0 Å². The van der Waals surface area contributed by atoms with E-state index in [9.17, 15) is 13.6 Å². The summed E-state index contributed by atoms with van der Waals surface area (Å²) in [4.78, 5) is 15.0. The normalized spacial score (nSPS) is 10.6. The molecule has 0 amide bonds. The molecule has 1 rings (SSSR count). The van der Waals surface area contributed by atoms with Crippen molar-refractivity contribution in [1.29, 1.82) is 0 Å². The smallest absolute Gasteiger partial charge is 0.339 e. The molecule has 0 atom stereocenters. The SMILES string of the molecule is COC(=O)c1cnc(Br)c(CCl)c1C(F)F. The predicted molar refractivity (Wildman–Crippen MR) is 57.8 cm³/mol. The fraction of sp³-hybridized carbons (Fsp3) is 0.333. The summed E-state index contributed by atoms with van der Waals surface area (Å²) in [6, 6.07) is 0. The molecule has 0 aromatic carbocycles. The van der Waals surface area contributed by atoms with E-state index in [1.807, 2.05) is 0 Å². The zero-order valence-electron chi connectivity index (χ0n) is 8.14. The number of carbonyl (C=O) groups excluding carboxylic acids is 1. The third-order valence-corrected chi connectivity index (χ3v) is 2.88. The minimum Gasteiger partial charge on any atom is -0.465 e. The zero-order chi connectivity index (χ0) is 12.3. The lowest BCUT2D eigenvalue weighted by Gasteiger charge is -2.11. The Balaban J connectivity index is 3.45. The van der Waals surface area contributed by atoms with E-state index in [2.05, 4.69) is 25.7 Å². The van der Waals surface area contributed by atoms with Crippen molar-refractivity contribution in [2.24, 2.45) is 0 Å². The van der Waals surface area contributed by atoms with Gasteiger partial charge in [0.1, 0.15) is 4.60 Å². The van der Waals surface area contributed by atoms with Crippen LogP contribution in [0.2, 0.25) is 0 Å². The van der Waals surface area contributed by atoms with E-state index in [0.717, 1.165) is 13.3 Å². The molecule has 1 aromatic heterocycles. The van der Waals surface area contributed by atoms with Crippen molar-refractivity contribution in [3.8, 4) is 0 Å². The average Bonchev–Trinajstić information content (AvgIpc) is 2.27. The zero-order valence-corrected chi connectivity index (χ0v) is 10.5. The number of alkyl halides is 3. The number of aromatic nitrogens is 1. The van der Waals surface area contributed by atoms with Gasteiger partial charge in [0.05, 0.1) is 18.6 Å². The molecule has 0 spiro atoms. The second kappa shape index (κ2) is 5.54. The van der Waals surface area contributed by atoms with Crippen LogP contribution in [0.4, 0.5) is 8.78 Å². The molecule has 0 aliphatic heterocycles. The van der Waals surface area contributed by atoms with Crippen molar-refractivity contribution in [3.05, 3.63) is 27.5 Å². The van der Waals surface area contributed by atoms with E-state index < -0.39 is 18.0 Å². The summed E-state index contributed by atoms with van der Waals surface area (Å²) in [5.74, 6) is -1.03. The number of carbonyl (C=O) groups is 1. The molecule has 0 fully saturated rings. The minimum atomic E-state index is -2.82. The van der Waals surface area contributed by atoms with Gasteiger partial charge in [0, 0.05) is 17.3 Å². The highest BCUT2D eigenvalue weighted by Gasteiger charge is 2.24. The van der Waals surface area contributed by atoms with Gasteiger partial charge in [-0.05, 0) is 15.9 Å². The lowest BCUT2D eigenvalue weighted by atomic mass is 10.1. The molecule has 7 heteroatoms.